The van der Waals surface area contributed by atoms with E-state index in [0.29, 0.717) is 6.54 Å². The highest BCUT2D eigenvalue weighted by Gasteiger charge is 2.58. The minimum Gasteiger partial charge on any atom is -0.394 e. The average molecular weight is 456 g/mol. The molecule has 6 atom stereocenters. The Balaban J connectivity index is 2.02. The zero-order chi connectivity index (χ0) is 24.0. The first-order valence-electron chi connectivity index (χ1n) is 12.2. The third-order valence-corrected chi connectivity index (χ3v) is 7.11. The molecule has 3 rings (SSSR count). The van der Waals surface area contributed by atoms with E-state index in [-0.39, 0.29) is 30.2 Å². The maximum Gasteiger partial charge on any atom is 0.243 e. The Kier molecular flexibility index (Phi) is 8.67. The van der Waals surface area contributed by atoms with Crippen LogP contribution in [0, 0.1) is 23.7 Å². The predicted molar refractivity (Wildman–Crippen MR) is 127 cm³/mol. The molecule has 1 saturated heterocycles. The van der Waals surface area contributed by atoms with Gasteiger partial charge in [0.05, 0.1) is 24.5 Å². The van der Waals surface area contributed by atoms with Crippen molar-refractivity contribution in [3.05, 3.63) is 48.0 Å². The Morgan fingerprint density at radius 3 is 2.42 bits per heavy atom. The summed E-state index contributed by atoms with van der Waals surface area (Å²) in [7, 11) is 1.58. The molecule has 1 aromatic carbocycles. The number of unbranched alkanes of at least 4 members (excludes halogenated alkanes) is 2. The molecule has 180 valence electrons. The molecular formula is C26H37N3O4. The van der Waals surface area contributed by atoms with Gasteiger partial charge in [-0.15, -0.1) is 0 Å². The van der Waals surface area contributed by atoms with Gasteiger partial charge >= 0.3 is 0 Å². The van der Waals surface area contributed by atoms with E-state index < -0.39 is 29.8 Å². The number of aliphatic hydroxyl groups excluding tert-OH is 1. The largest absolute Gasteiger partial charge is 0.394 e. The van der Waals surface area contributed by atoms with E-state index in [1.165, 1.54) is 4.90 Å². The molecule has 3 amide bonds. The first kappa shape index (κ1) is 25.0. The molecule has 1 aliphatic heterocycles. The van der Waals surface area contributed by atoms with Gasteiger partial charge in [-0.3, -0.25) is 14.4 Å². The summed E-state index contributed by atoms with van der Waals surface area (Å²) in [5.41, 5.74) is 0.767. The lowest BCUT2D eigenvalue weighted by Crippen LogP contribution is -2.49. The van der Waals surface area contributed by atoms with Crippen LogP contribution in [-0.2, 0) is 14.4 Å². The maximum absolute atomic E-state index is 13.9. The number of aliphatic hydroxyl groups is 1. The number of benzene rings is 1. The highest BCUT2D eigenvalue weighted by Crippen LogP contribution is 2.47. The van der Waals surface area contributed by atoms with Crippen molar-refractivity contribution in [1.82, 2.24) is 15.5 Å². The van der Waals surface area contributed by atoms with Crippen molar-refractivity contribution in [2.24, 2.45) is 23.7 Å². The molecule has 0 saturated carbocycles. The molecule has 1 fully saturated rings. The van der Waals surface area contributed by atoms with Gasteiger partial charge in [-0.05, 0) is 24.3 Å². The molecule has 7 nitrogen and oxygen atoms in total. The molecule has 2 aliphatic rings. The number of allylic oxidation sites excluding steroid dienone is 1. The number of nitrogens with zero attached hydrogens (tertiary/aromatic N) is 1. The molecule has 0 bridgehead atoms. The van der Waals surface area contributed by atoms with Crippen molar-refractivity contribution in [3.8, 4) is 0 Å². The predicted octanol–water partition coefficient (Wildman–Crippen LogP) is 2.43. The second-order valence-corrected chi connectivity index (χ2v) is 9.00. The summed E-state index contributed by atoms with van der Waals surface area (Å²) >= 11 is 0. The molecule has 1 aromatic rings. The molecule has 33 heavy (non-hydrogen) atoms. The molecule has 0 aromatic heterocycles. The third kappa shape index (κ3) is 4.98. The van der Waals surface area contributed by atoms with Gasteiger partial charge in [-0.1, -0.05) is 69.2 Å². The number of likely N-dealkylation sites (tertiary alicyclic amines) is 1. The van der Waals surface area contributed by atoms with Gasteiger partial charge in [0, 0.05) is 19.5 Å². The summed E-state index contributed by atoms with van der Waals surface area (Å²) in [6.07, 6.45) is 7.59. The van der Waals surface area contributed by atoms with Crippen LogP contribution in [0.2, 0.25) is 0 Å². The Hall–Kier alpha value is -2.67. The van der Waals surface area contributed by atoms with E-state index in [1.54, 1.807) is 7.05 Å². The zero-order valence-corrected chi connectivity index (χ0v) is 19.9. The van der Waals surface area contributed by atoms with Gasteiger partial charge in [0.1, 0.15) is 6.04 Å². The summed E-state index contributed by atoms with van der Waals surface area (Å²) < 4.78 is 0. The lowest BCUT2D eigenvalue weighted by Gasteiger charge is -2.34. The van der Waals surface area contributed by atoms with Crippen LogP contribution < -0.4 is 10.6 Å². The highest BCUT2D eigenvalue weighted by molar-refractivity contribution is 5.97. The van der Waals surface area contributed by atoms with E-state index in [0.717, 1.165) is 31.2 Å². The Morgan fingerprint density at radius 1 is 1.09 bits per heavy atom. The van der Waals surface area contributed by atoms with Crippen LogP contribution in [0.4, 0.5) is 0 Å². The topological polar surface area (TPSA) is 98.7 Å². The van der Waals surface area contributed by atoms with E-state index in [9.17, 15) is 19.5 Å². The highest BCUT2D eigenvalue weighted by atomic mass is 16.3. The van der Waals surface area contributed by atoms with Crippen LogP contribution in [0.5, 0.6) is 0 Å². The van der Waals surface area contributed by atoms with Crippen molar-refractivity contribution in [3.63, 3.8) is 0 Å². The number of rotatable bonds is 10. The Bertz CT molecular complexity index is 856. The number of nitrogens with one attached hydrogen (secondary N) is 2. The molecule has 1 aliphatic carbocycles. The lowest BCUT2D eigenvalue weighted by molar-refractivity contribution is -0.143. The molecule has 1 heterocycles. The van der Waals surface area contributed by atoms with Gasteiger partial charge < -0.3 is 20.6 Å². The number of amides is 3. The monoisotopic (exact) mass is 455 g/mol. The second kappa shape index (κ2) is 11.5. The summed E-state index contributed by atoms with van der Waals surface area (Å²) in [5, 5.41) is 16.1. The number of hydrogen-bond acceptors (Lipinski definition) is 4. The second-order valence-electron chi connectivity index (χ2n) is 9.00. The van der Waals surface area contributed by atoms with Crippen molar-refractivity contribution in [1.29, 1.82) is 0 Å². The SMILES string of the molecule is CCCCCNC(=O)[C@@H]1[C@H]2C=C[C@@H](CC)[C@@H](C(=O)NC)[C@@H]2C(=O)N1[C@H](CO)c1ccccc1. The summed E-state index contributed by atoms with van der Waals surface area (Å²) in [6.45, 7) is 4.34. The van der Waals surface area contributed by atoms with Gasteiger partial charge in [0.25, 0.3) is 0 Å². The minimum absolute atomic E-state index is 0.0762. The first-order chi connectivity index (χ1) is 16.0. The van der Waals surface area contributed by atoms with E-state index in [1.807, 2.05) is 49.4 Å². The van der Waals surface area contributed by atoms with Crippen LogP contribution in [-0.4, -0.2) is 54.0 Å². The molecule has 0 spiro atoms. The van der Waals surface area contributed by atoms with Crippen molar-refractivity contribution in [2.75, 3.05) is 20.2 Å². The molecule has 7 heteroatoms. The zero-order valence-electron chi connectivity index (χ0n) is 19.9. The number of hydrogen-bond donors (Lipinski definition) is 3. The van der Waals surface area contributed by atoms with Crippen molar-refractivity contribution < 1.29 is 19.5 Å². The van der Waals surface area contributed by atoms with Crippen molar-refractivity contribution in [2.45, 2.75) is 51.6 Å². The van der Waals surface area contributed by atoms with Crippen LogP contribution in [0.25, 0.3) is 0 Å². The molecular weight excluding hydrogens is 418 g/mol. The Labute approximate surface area is 196 Å². The van der Waals surface area contributed by atoms with Gasteiger partial charge in [0.2, 0.25) is 17.7 Å². The number of carbonyl (C=O) groups excluding carboxylic acids is 3. The first-order valence-corrected chi connectivity index (χ1v) is 12.2. The van der Waals surface area contributed by atoms with Crippen LogP contribution in [0.15, 0.2) is 42.5 Å². The van der Waals surface area contributed by atoms with Crippen LogP contribution in [0.3, 0.4) is 0 Å². The van der Waals surface area contributed by atoms with E-state index >= 15 is 0 Å². The minimum atomic E-state index is -0.775. The van der Waals surface area contributed by atoms with Gasteiger partial charge in [0.15, 0.2) is 0 Å². The Morgan fingerprint density at radius 2 is 1.82 bits per heavy atom. The van der Waals surface area contributed by atoms with E-state index in [4.69, 9.17) is 0 Å². The summed E-state index contributed by atoms with van der Waals surface area (Å²) in [6, 6.07) is 7.85. The van der Waals surface area contributed by atoms with Crippen LogP contribution >= 0.6 is 0 Å². The molecule has 0 unspecified atom stereocenters. The normalized spacial score (nSPS) is 27.2. The third-order valence-electron chi connectivity index (χ3n) is 7.11. The fourth-order valence-electron chi connectivity index (χ4n) is 5.41. The fraction of sp³-hybridized carbons (Fsp3) is 0.577. The maximum atomic E-state index is 13.9. The quantitative estimate of drug-likeness (QED) is 0.373. The summed E-state index contributed by atoms with van der Waals surface area (Å²) in [4.78, 5) is 41.8. The smallest absolute Gasteiger partial charge is 0.243 e. The average Bonchev–Trinajstić information content (AvgIpc) is 3.14. The lowest BCUT2D eigenvalue weighted by atomic mass is 9.69. The fourth-order valence-corrected chi connectivity index (χ4v) is 5.41. The van der Waals surface area contributed by atoms with Gasteiger partial charge in [-0.2, -0.15) is 0 Å². The molecule has 0 radical (unpaired) electrons. The van der Waals surface area contributed by atoms with Crippen LogP contribution in [0.1, 0.15) is 51.1 Å². The molecule has 3 N–H and O–H groups in total. The summed E-state index contributed by atoms with van der Waals surface area (Å²) in [5.74, 6) is -2.33. The number of fused-ring (bicyclic) bond motifs is 1. The standard InChI is InChI=1S/C26H37N3O4/c1-4-6-10-15-28-25(32)23-19-14-13-17(5-2)21(24(31)27-3)22(19)26(33)29(23)20(16-30)18-11-8-7-9-12-18/h7-9,11-14,17,19-23,30H,4-6,10,15-16H2,1-3H3,(H,27,31)(H,28,32)/t17-,19+,20-,21-,22-,23+/m1/s1. The van der Waals surface area contributed by atoms with Crippen molar-refractivity contribution >= 4 is 17.7 Å². The van der Waals surface area contributed by atoms with E-state index in [2.05, 4.69) is 17.6 Å². The van der Waals surface area contributed by atoms with Gasteiger partial charge in [-0.25, -0.2) is 0 Å². The number of carbonyl (C=O) groups is 3.